The smallest absolute Gasteiger partial charge is 0.140 e. The third kappa shape index (κ3) is 2.41. The van der Waals surface area contributed by atoms with E-state index in [-0.39, 0.29) is 0 Å². The van der Waals surface area contributed by atoms with Crippen molar-refractivity contribution >= 4 is 28.7 Å². The molecule has 0 aromatic heterocycles. The van der Waals surface area contributed by atoms with Gasteiger partial charge in [0.05, 0.1) is 7.11 Å². The summed E-state index contributed by atoms with van der Waals surface area (Å²) in [5.41, 5.74) is 1.68. The van der Waals surface area contributed by atoms with E-state index in [0.717, 1.165) is 20.4 Å². The third-order valence-corrected chi connectivity index (χ3v) is 3.87. The largest absolute Gasteiger partial charge is 0.496 e. The summed E-state index contributed by atoms with van der Waals surface area (Å²) >= 11 is 2.24. The summed E-state index contributed by atoms with van der Waals surface area (Å²) in [6.45, 7) is 0. The fraction of sp³-hybridized carbons (Fsp3) is 0.125. The standard InChI is InChI=1S/C16H13IO3/c1-19-13-7-6-11(17)8-10(13)9-15-16(18)12-4-2-3-5-14(12)20-15/h2-9,16,18H,1H3/b15-9-/t16-/m1/s1. The molecule has 3 rings (SSSR count). The van der Waals surface area contributed by atoms with E-state index in [0.29, 0.717) is 11.5 Å². The molecule has 1 atom stereocenters. The Morgan fingerprint density at radius 2 is 2.05 bits per heavy atom. The van der Waals surface area contributed by atoms with Crippen molar-refractivity contribution in [3.05, 3.63) is 62.9 Å². The Morgan fingerprint density at radius 1 is 1.25 bits per heavy atom. The first-order chi connectivity index (χ1) is 9.69. The van der Waals surface area contributed by atoms with Crippen LogP contribution in [-0.2, 0) is 0 Å². The molecule has 1 aliphatic heterocycles. The Bertz CT molecular complexity index is 679. The van der Waals surface area contributed by atoms with E-state index >= 15 is 0 Å². The lowest BCUT2D eigenvalue weighted by Crippen LogP contribution is -1.97. The Morgan fingerprint density at radius 3 is 2.80 bits per heavy atom. The van der Waals surface area contributed by atoms with Crippen LogP contribution in [0.5, 0.6) is 11.5 Å². The van der Waals surface area contributed by atoms with Crippen molar-refractivity contribution in [1.82, 2.24) is 0 Å². The highest BCUT2D eigenvalue weighted by atomic mass is 127. The summed E-state index contributed by atoms with van der Waals surface area (Å²) < 4.78 is 12.2. The van der Waals surface area contributed by atoms with Gasteiger partial charge in [0, 0.05) is 14.7 Å². The lowest BCUT2D eigenvalue weighted by Gasteiger charge is -2.08. The van der Waals surface area contributed by atoms with Crippen LogP contribution in [0, 0.1) is 3.57 Å². The number of rotatable bonds is 2. The fourth-order valence-corrected chi connectivity index (χ4v) is 2.73. The number of aliphatic hydroxyl groups is 1. The minimum absolute atomic E-state index is 0.520. The van der Waals surface area contributed by atoms with Gasteiger partial charge in [-0.15, -0.1) is 0 Å². The summed E-state index contributed by atoms with van der Waals surface area (Å²) in [4.78, 5) is 0. The van der Waals surface area contributed by atoms with Crippen molar-refractivity contribution in [3.63, 3.8) is 0 Å². The van der Waals surface area contributed by atoms with Crippen LogP contribution in [0.25, 0.3) is 6.08 Å². The van der Waals surface area contributed by atoms with Crippen LogP contribution in [0.4, 0.5) is 0 Å². The van der Waals surface area contributed by atoms with Crippen LogP contribution in [-0.4, -0.2) is 12.2 Å². The second-order valence-corrected chi connectivity index (χ2v) is 5.72. The van der Waals surface area contributed by atoms with Crippen molar-refractivity contribution < 1.29 is 14.6 Å². The zero-order valence-corrected chi connectivity index (χ0v) is 13.0. The lowest BCUT2D eigenvalue weighted by atomic mass is 10.1. The number of fused-ring (bicyclic) bond motifs is 1. The molecule has 0 radical (unpaired) electrons. The summed E-state index contributed by atoms with van der Waals surface area (Å²) in [6.07, 6.45) is 1.10. The third-order valence-electron chi connectivity index (χ3n) is 3.20. The van der Waals surface area contributed by atoms with Gasteiger partial charge in [0.1, 0.15) is 23.4 Å². The summed E-state index contributed by atoms with van der Waals surface area (Å²) in [5.74, 6) is 1.98. The predicted molar refractivity (Wildman–Crippen MR) is 85.7 cm³/mol. The number of hydrogen-bond donors (Lipinski definition) is 1. The second kappa shape index (κ2) is 5.46. The van der Waals surface area contributed by atoms with Gasteiger partial charge >= 0.3 is 0 Å². The monoisotopic (exact) mass is 380 g/mol. The van der Waals surface area contributed by atoms with Crippen LogP contribution >= 0.6 is 22.6 Å². The molecule has 0 aliphatic carbocycles. The van der Waals surface area contributed by atoms with Gasteiger partial charge in [-0.05, 0) is 52.9 Å². The maximum absolute atomic E-state index is 10.3. The zero-order chi connectivity index (χ0) is 14.1. The summed E-state index contributed by atoms with van der Waals surface area (Å²) in [7, 11) is 1.63. The minimum Gasteiger partial charge on any atom is -0.496 e. The van der Waals surface area contributed by atoms with Crippen molar-refractivity contribution in [2.24, 2.45) is 0 Å². The topological polar surface area (TPSA) is 38.7 Å². The lowest BCUT2D eigenvalue weighted by molar-refractivity contribution is 0.193. The molecule has 102 valence electrons. The summed E-state index contributed by atoms with van der Waals surface area (Å²) in [5, 5.41) is 10.3. The molecule has 4 heteroatoms. The average Bonchev–Trinajstić information content (AvgIpc) is 2.76. The van der Waals surface area contributed by atoms with Crippen molar-refractivity contribution in [3.8, 4) is 11.5 Å². The molecule has 0 bridgehead atoms. The molecule has 0 saturated carbocycles. The van der Waals surface area contributed by atoms with E-state index in [4.69, 9.17) is 9.47 Å². The van der Waals surface area contributed by atoms with Gasteiger partial charge in [-0.1, -0.05) is 18.2 Å². The first kappa shape index (κ1) is 13.5. The Kier molecular flexibility index (Phi) is 3.67. The first-order valence-corrected chi connectivity index (χ1v) is 7.27. The molecule has 2 aromatic rings. The molecule has 2 aromatic carbocycles. The van der Waals surface area contributed by atoms with Crippen molar-refractivity contribution in [2.45, 2.75) is 6.10 Å². The highest BCUT2D eigenvalue weighted by molar-refractivity contribution is 14.1. The minimum atomic E-state index is -0.728. The molecule has 0 amide bonds. The van der Waals surface area contributed by atoms with E-state index < -0.39 is 6.10 Å². The number of methoxy groups -OCH3 is 1. The van der Waals surface area contributed by atoms with E-state index in [9.17, 15) is 5.11 Å². The van der Waals surface area contributed by atoms with Crippen LogP contribution < -0.4 is 9.47 Å². The quantitative estimate of drug-likeness (QED) is 0.807. The fourth-order valence-electron chi connectivity index (χ4n) is 2.22. The van der Waals surface area contributed by atoms with Gasteiger partial charge < -0.3 is 14.6 Å². The van der Waals surface area contributed by atoms with Gasteiger partial charge in [-0.25, -0.2) is 0 Å². The molecule has 1 N–H and O–H groups in total. The number of ether oxygens (including phenoxy) is 2. The molecule has 0 unspecified atom stereocenters. The van der Waals surface area contributed by atoms with E-state index in [1.54, 1.807) is 7.11 Å². The van der Waals surface area contributed by atoms with Gasteiger partial charge in [-0.3, -0.25) is 0 Å². The second-order valence-electron chi connectivity index (χ2n) is 4.48. The van der Waals surface area contributed by atoms with Crippen LogP contribution in [0.3, 0.4) is 0 Å². The first-order valence-electron chi connectivity index (χ1n) is 6.19. The number of halogens is 1. The normalized spacial score (nSPS) is 18.8. The van der Waals surface area contributed by atoms with Gasteiger partial charge in [0.2, 0.25) is 0 Å². The molecule has 1 aliphatic rings. The Balaban J connectivity index is 2.01. The van der Waals surface area contributed by atoms with Crippen LogP contribution in [0.15, 0.2) is 48.2 Å². The number of hydrogen-bond acceptors (Lipinski definition) is 3. The highest BCUT2D eigenvalue weighted by Crippen LogP contribution is 2.40. The molecule has 0 spiro atoms. The number of aliphatic hydroxyl groups excluding tert-OH is 1. The van der Waals surface area contributed by atoms with Gasteiger partial charge in [0.25, 0.3) is 0 Å². The van der Waals surface area contributed by atoms with Gasteiger partial charge in [0.15, 0.2) is 0 Å². The maximum atomic E-state index is 10.3. The van der Waals surface area contributed by atoms with Crippen LogP contribution in [0.1, 0.15) is 17.2 Å². The molecule has 0 saturated heterocycles. The van der Waals surface area contributed by atoms with Crippen molar-refractivity contribution in [1.29, 1.82) is 0 Å². The predicted octanol–water partition coefficient (Wildman–Crippen LogP) is 3.77. The molecule has 20 heavy (non-hydrogen) atoms. The number of para-hydroxylation sites is 1. The zero-order valence-electron chi connectivity index (χ0n) is 10.8. The molecule has 3 nitrogen and oxygen atoms in total. The summed E-state index contributed by atoms with van der Waals surface area (Å²) in [6, 6.07) is 13.4. The van der Waals surface area contributed by atoms with E-state index in [1.807, 2.05) is 48.5 Å². The molecule has 1 heterocycles. The Hall–Kier alpha value is -1.53. The average molecular weight is 380 g/mol. The van der Waals surface area contributed by atoms with Crippen molar-refractivity contribution in [2.75, 3.05) is 7.11 Å². The SMILES string of the molecule is COc1ccc(I)cc1/C=C1\Oc2ccccc2[C@H]1O. The highest BCUT2D eigenvalue weighted by Gasteiger charge is 2.27. The van der Waals surface area contributed by atoms with E-state index in [1.165, 1.54) is 0 Å². The molecule has 0 fully saturated rings. The number of benzene rings is 2. The molecular formula is C16H13IO3. The Labute approximate surface area is 131 Å². The molecular weight excluding hydrogens is 367 g/mol. The van der Waals surface area contributed by atoms with Crippen LogP contribution in [0.2, 0.25) is 0 Å². The van der Waals surface area contributed by atoms with Gasteiger partial charge in [-0.2, -0.15) is 0 Å². The van der Waals surface area contributed by atoms with E-state index in [2.05, 4.69) is 22.6 Å². The maximum Gasteiger partial charge on any atom is 0.140 e.